The summed E-state index contributed by atoms with van der Waals surface area (Å²) in [6, 6.07) is 8.04. The van der Waals surface area contributed by atoms with E-state index in [4.69, 9.17) is 10.5 Å². The number of benzene rings is 1. The molecule has 6 heteroatoms. The average molecular weight is 324 g/mol. The van der Waals surface area contributed by atoms with Crippen LogP contribution >= 0.6 is 0 Å². The Morgan fingerprint density at radius 2 is 1.70 bits per heavy atom. The second-order valence-electron chi connectivity index (χ2n) is 6.59. The van der Waals surface area contributed by atoms with Crippen LogP contribution in [0.15, 0.2) is 36.5 Å². The third-order valence-electron chi connectivity index (χ3n) is 3.09. The van der Waals surface area contributed by atoms with Gasteiger partial charge in [0.15, 0.2) is 11.6 Å². The Morgan fingerprint density at radius 1 is 1.09 bits per heavy atom. The number of hydrogen-bond donors (Lipinski definition) is 1. The van der Waals surface area contributed by atoms with E-state index < -0.39 is 11.7 Å². The number of nitrogen functional groups attached to an aromatic ring is 1. The van der Waals surface area contributed by atoms with Crippen LogP contribution in [0.3, 0.4) is 0 Å². The maximum Gasteiger partial charge on any atom is 0.418 e. The summed E-state index contributed by atoms with van der Waals surface area (Å²) in [4.78, 5) is 3.54. The molecule has 3 nitrogen and oxygen atoms in total. The molecule has 2 aromatic rings. The summed E-state index contributed by atoms with van der Waals surface area (Å²) in [5, 5.41) is 0. The minimum absolute atomic E-state index is 0.0863. The van der Waals surface area contributed by atoms with Gasteiger partial charge in [-0.15, -0.1) is 0 Å². The lowest BCUT2D eigenvalue weighted by Crippen LogP contribution is -2.09. The lowest BCUT2D eigenvalue weighted by Gasteiger charge is -2.18. The van der Waals surface area contributed by atoms with Gasteiger partial charge in [0.05, 0.1) is 5.56 Å². The van der Waals surface area contributed by atoms with Crippen molar-refractivity contribution in [3.8, 4) is 11.5 Å². The zero-order valence-electron chi connectivity index (χ0n) is 13.2. The summed E-state index contributed by atoms with van der Waals surface area (Å²) in [7, 11) is 0. The van der Waals surface area contributed by atoms with Gasteiger partial charge in [0.25, 0.3) is 0 Å². The summed E-state index contributed by atoms with van der Waals surface area (Å²) in [5.74, 6) is 0.218. The fraction of sp³-hybridized carbons (Fsp3) is 0.353. The Balaban J connectivity index is 2.19. The summed E-state index contributed by atoms with van der Waals surface area (Å²) in [6.07, 6.45) is -2.91. The molecular formula is C17H19F3N2O. The third kappa shape index (κ3) is 4.87. The highest BCUT2D eigenvalue weighted by Gasteiger charge is 2.32. The number of anilines is 1. The highest BCUT2D eigenvalue weighted by atomic mass is 19.4. The highest BCUT2D eigenvalue weighted by Crippen LogP contribution is 2.34. The van der Waals surface area contributed by atoms with Gasteiger partial charge < -0.3 is 10.5 Å². The lowest BCUT2D eigenvalue weighted by atomic mass is 9.88. The van der Waals surface area contributed by atoms with Crippen molar-refractivity contribution in [1.82, 2.24) is 4.98 Å². The summed E-state index contributed by atoms with van der Waals surface area (Å²) < 4.78 is 43.6. The lowest BCUT2D eigenvalue weighted by molar-refractivity contribution is -0.137. The molecule has 0 aliphatic carbocycles. The summed E-state index contributed by atoms with van der Waals surface area (Å²) in [5.41, 5.74) is 5.97. The number of rotatable bonds is 3. The van der Waals surface area contributed by atoms with Gasteiger partial charge in [0.1, 0.15) is 5.75 Å². The van der Waals surface area contributed by atoms with Gasteiger partial charge in [-0.2, -0.15) is 13.2 Å². The molecule has 0 fully saturated rings. The topological polar surface area (TPSA) is 48.1 Å². The van der Waals surface area contributed by atoms with Crippen LogP contribution < -0.4 is 10.5 Å². The standard InChI is InChI=1S/C17H19F3N2O/c1-16(2,3)9-11-4-6-13(7-5-11)23-14-8-12(17(18,19)20)10-22-15(14)21/h4-8,10H,9H2,1-3H3,(H2,21,22). The predicted molar refractivity (Wildman–Crippen MR) is 83.3 cm³/mol. The molecule has 124 valence electrons. The van der Waals surface area contributed by atoms with E-state index in [9.17, 15) is 13.2 Å². The van der Waals surface area contributed by atoms with E-state index in [2.05, 4.69) is 25.8 Å². The zero-order chi connectivity index (χ0) is 17.3. The first-order chi connectivity index (χ1) is 10.5. The van der Waals surface area contributed by atoms with Crippen LogP contribution in [-0.4, -0.2) is 4.98 Å². The van der Waals surface area contributed by atoms with E-state index in [0.717, 1.165) is 18.1 Å². The second kappa shape index (κ2) is 6.10. The van der Waals surface area contributed by atoms with Crippen LogP contribution in [0, 0.1) is 5.41 Å². The first-order valence-corrected chi connectivity index (χ1v) is 7.14. The number of ether oxygens (including phenoxy) is 1. The molecule has 0 aliphatic rings. The highest BCUT2D eigenvalue weighted by molar-refractivity contribution is 5.49. The largest absolute Gasteiger partial charge is 0.453 e. The van der Waals surface area contributed by atoms with E-state index in [1.165, 1.54) is 0 Å². The Kier molecular flexibility index (Phi) is 4.54. The average Bonchev–Trinajstić information content (AvgIpc) is 2.40. The molecule has 1 aromatic carbocycles. The van der Waals surface area contributed by atoms with Gasteiger partial charge in [-0.3, -0.25) is 0 Å². The number of halogens is 3. The second-order valence-corrected chi connectivity index (χ2v) is 6.59. The Bertz CT molecular complexity index is 674. The fourth-order valence-corrected chi connectivity index (χ4v) is 2.11. The number of aromatic nitrogens is 1. The zero-order valence-corrected chi connectivity index (χ0v) is 13.2. The Labute approximate surface area is 133 Å². The molecule has 2 rings (SSSR count). The van der Waals surface area contributed by atoms with Crippen molar-refractivity contribution >= 4 is 5.82 Å². The quantitative estimate of drug-likeness (QED) is 0.858. The molecule has 0 radical (unpaired) electrons. The molecule has 0 amide bonds. The predicted octanol–water partition coefficient (Wildman–Crippen LogP) is 5.06. The number of nitrogens with zero attached hydrogens (tertiary/aromatic N) is 1. The van der Waals surface area contributed by atoms with Crippen LogP contribution in [0.5, 0.6) is 11.5 Å². The van der Waals surface area contributed by atoms with Crippen molar-refractivity contribution in [3.63, 3.8) is 0 Å². The molecule has 0 unspecified atom stereocenters. The first-order valence-electron chi connectivity index (χ1n) is 7.14. The van der Waals surface area contributed by atoms with E-state index in [1.54, 1.807) is 12.1 Å². The number of nitrogens with two attached hydrogens (primary N) is 1. The minimum atomic E-state index is -4.49. The number of hydrogen-bond acceptors (Lipinski definition) is 3. The van der Waals surface area contributed by atoms with Crippen molar-refractivity contribution in [1.29, 1.82) is 0 Å². The molecule has 0 atom stereocenters. The van der Waals surface area contributed by atoms with Crippen LogP contribution in [-0.2, 0) is 12.6 Å². The Hall–Kier alpha value is -2.24. The van der Waals surface area contributed by atoms with Gasteiger partial charge in [-0.05, 0) is 35.6 Å². The van der Waals surface area contributed by atoms with Crippen molar-refractivity contribution < 1.29 is 17.9 Å². The van der Waals surface area contributed by atoms with E-state index in [-0.39, 0.29) is 17.0 Å². The molecule has 0 saturated carbocycles. The van der Waals surface area contributed by atoms with E-state index in [1.807, 2.05) is 12.1 Å². The van der Waals surface area contributed by atoms with Gasteiger partial charge in [-0.1, -0.05) is 32.9 Å². The fourth-order valence-electron chi connectivity index (χ4n) is 2.11. The Morgan fingerprint density at radius 3 is 2.22 bits per heavy atom. The van der Waals surface area contributed by atoms with Crippen molar-refractivity contribution in [2.45, 2.75) is 33.4 Å². The molecule has 23 heavy (non-hydrogen) atoms. The maximum absolute atomic E-state index is 12.7. The van der Waals surface area contributed by atoms with E-state index >= 15 is 0 Å². The van der Waals surface area contributed by atoms with Crippen LogP contribution in [0.2, 0.25) is 0 Å². The number of alkyl halides is 3. The van der Waals surface area contributed by atoms with Gasteiger partial charge in [0.2, 0.25) is 0 Å². The molecule has 0 spiro atoms. The molecule has 2 N–H and O–H groups in total. The molecule has 0 saturated heterocycles. The third-order valence-corrected chi connectivity index (χ3v) is 3.09. The monoisotopic (exact) mass is 324 g/mol. The van der Waals surface area contributed by atoms with Gasteiger partial charge in [-0.25, -0.2) is 4.98 Å². The van der Waals surface area contributed by atoms with Gasteiger partial charge >= 0.3 is 6.18 Å². The molecule has 0 bridgehead atoms. The van der Waals surface area contributed by atoms with Crippen LogP contribution in [0.1, 0.15) is 31.9 Å². The molecule has 1 aromatic heterocycles. The van der Waals surface area contributed by atoms with Crippen LogP contribution in [0.4, 0.5) is 19.0 Å². The molecular weight excluding hydrogens is 305 g/mol. The first kappa shape index (κ1) is 17.1. The number of pyridine rings is 1. The summed E-state index contributed by atoms with van der Waals surface area (Å²) in [6.45, 7) is 6.39. The molecule has 1 heterocycles. The van der Waals surface area contributed by atoms with Gasteiger partial charge in [0, 0.05) is 6.20 Å². The molecule has 0 aliphatic heterocycles. The van der Waals surface area contributed by atoms with E-state index in [0.29, 0.717) is 11.9 Å². The van der Waals surface area contributed by atoms with Crippen molar-refractivity contribution in [2.75, 3.05) is 5.73 Å². The van der Waals surface area contributed by atoms with Crippen molar-refractivity contribution in [3.05, 3.63) is 47.7 Å². The smallest absolute Gasteiger partial charge is 0.418 e. The minimum Gasteiger partial charge on any atom is -0.453 e. The summed E-state index contributed by atoms with van der Waals surface area (Å²) >= 11 is 0. The normalized spacial score (nSPS) is 12.3. The SMILES string of the molecule is CC(C)(C)Cc1ccc(Oc2cc(C(F)(F)F)cnc2N)cc1. The van der Waals surface area contributed by atoms with Crippen LogP contribution in [0.25, 0.3) is 0 Å². The van der Waals surface area contributed by atoms with Crippen molar-refractivity contribution in [2.24, 2.45) is 5.41 Å². The maximum atomic E-state index is 12.7.